The molecule has 26 heavy (non-hydrogen) atoms. The molecule has 0 bridgehead atoms. The molecule has 0 aromatic heterocycles. The summed E-state index contributed by atoms with van der Waals surface area (Å²) in [5.74, 6) is -0.132. The second-order valence-electron chi connectivity index (χ2n) is 6.51. The van der Waals surface area contributed by atoms with Crippen molar-refractivity contribution in [3.63, 3.8) is 0 Å². The topological polar surface area (TPSA) is 66.5 Å². The van der Waals surface area contributed by atoms with Crippen LogP contribution in [0.2, 0.25) is 0 Å². The number of sulfonamides is 1. The van der Waals surface area contributed by atoms with Gasteiger partial charge in [-0.15, -0.1) is 0 Å². The Balaban J connectivity index is 2.00. The Labute approximate surface area is 151 Å². The highest BCUT2D eigenvalue weighted by atomic mass is 32.2. The van der Waals surface area contributed by atoms with Gasteiger partial charge in [-0.1, -0.05) is 19.3 Å². The average Bonchev–Trinajstić information content (AvgIpc) is 2.57. The molecule has 0 atom stereocenters. The first kappa shape index (κ1) is 20.5. The number of amides is 1. The molecule has 1 aliphatic carbocycles. The van der Waals surface area contributed by atoms with Gasteiger partial charge in [-0.25, -0.2) is 8.42 Å². The summed E-state index contributed by atoms with van der Waals surface area (Å²) >= 11 is 0. The van der Waals surface area contributed by atoms with E-state index in [0.717, 1.165) is 66.9 Å². The largest absolute Gasteiger partial charge is 0.416 e. The summed E-state index contributed by atoms with van der Waals surface area (Å²) in [5, 5.41) is 2.74. The van der Waals surface area contributed by atoms with Gasteiger partial charge in [0.05, 0.1) is 24.1 Å². The molecule has 5 nitrogen and oxygen atoms in total. The summed E-state index contributed by atoms with van der Waals surface area (Å²) in [6, 6.07) is 3.92. The zero-order valence-electron chi connectivity index (χ0n) is 14.6. The summed E-state index contributed by atoms with van der Waals surface area (Å²) in [7, 11) is -3.69. The second-order valence-corrected chi connectivity index (χ2v) is 8.41. The number of hydrogen-bond acceptors (Lipinski definition) is 3. The van der Waals surface area contributed by atoms with Gasteiger partial charge in [-0.05, 0) is 37.1 Å². The molecule has 1 amide bonds. The molecule has 1 aliphatic rings. The third-order valence-corrected chi connectivity index (χ3v) is 5.67. The van der Waals surface area contributed by atoms with E-state index < -0.39 is 21.8 Å². The first-order valence-corrected chi connectivity index (χ1v) is 10.4. The first-order chi connectivity index (χ1) is 12.1. The number of halogens is 3. The molecule has 0 spiro atoms. The number of hydrogen-bond donors (Lipinski definition) is 1. The van der Waals surface area contributed by atoms with Crippen LogP contribution in [-0.4, -0.2) is 33.7 Å². The molecule has 2 rings (SSSR count). The molecule has 146 valence electrons. The van der Waals surface area contributed by atoms with Crippen molar-refractivity contribution in [3.05, 3.63) is 29.8 Å². The Bertz CT molecular complexity index is 712. The van der Waals surface area contributed by atoms with Crippen molar-refractivity contribution in [1.82, 2.24) is 5.32 Å². The Morgan fingerprint density at radius 2 is 1.73 bits per heavy atom. The lowest BCUT2D eigenvalue weighted by Gasteiger charge is -2.24. The molecule has 9 heteroatoms. The monoisotopic (exact) mass is 392 g/mol. The number of nitrogens with zero attached hydrogens (tertiary/aromatic N) is 1. The van der Waals surface area contributed by atoms with Crippen LogP contribution < -0.4 is 9.62 Å². The smallest absolute Gasteiger partial charge is 0.354 e. The van der Waals surface area contributed by atoms with Crippen molar-refractivity contribution in [3.8, 4) is 0 Å². The van der Waals surface area contributed by atoms with Gasteiger partial charge in [-0.3, -0.25) is 9.10 Å². The van der Waals surface area contributed by atoms with E-state index >= 15 is 0 Å². The third kappa shape index (κ3) is 5.62. The van der Waals surface area contributed by atoms with Crippen LogP contribution in [0.15, 0.2) is 24.3 Å². The van der Waals surface area contributed by atoms with E-state index in [9.17, 15) is 26.4 Å². The lowest BCUT2D eigenvalue weighted by Crippen LogP contribution is -2.40. The van der Waals surface area contributed by atoms with Gasteiger partial charge in [0.2, 0.25) is 15.9 Å². The lowest BCUT2D eigenvalue weighted by atomic mass is 9.89. The van der Waals surface area contributed by atoms with Crippen LogP contribution in [-0.2, 0) is 21.0 Å². The first-order valence-electron chi connectivity index (χ1n) is 8.52. The fourth-order valence-electron chi connectivity index (χ4n) is 3.09. The highest BCUT2D eigenvalue weighted by molar-refractivity contribution is 7.92. The quantitative estimate of drug-likeness (QED) is 0.809. The highest BCUT2D eigenvalue weighted by Gasteiger charge is 2.30. The Kier molecular flexibility index (Phi) is 6.54. The van der Waals surface area contributed by atoms with Crippen LogP contribution in [0, 0.1) is 5.92 Å². The molecule has 0 unspecified atom stereocenters. The minimum atomic E-state index is -4.48. The molecule has 1 N–H and O–H groups in total. The maximum Gasteiger partial charge on any atom is 0.416 e. The van der Waals surface area contributed by atoms with Crippen LogP contribution in [0.1, 0.15) is 37.7 Å². The standard InChI is InChI=1S/C17H23F3N2O3S/c1-26(24,25)22(15-9-7-14(8-10-15)17(18,19)20)12-11-21-16(23)13-5-3-2-4-6-13/h7-10,13H,2-6,11-12H2,1H3,(H,21,23). The normalized spacial score (nSPS) is 16.3. The number of rotatable bonds is 6. The SMILES string of the molecule is CS(=O)(=O)N(CCNC(=O)C1CCCCC1)c1ccc(C(F)(F)F)cc1. The zero-order chi connectivity index (χ0) is 19.4. The maximum atomic E-state index is 12.6. The Morgan fingerprint density at radius 3 is 2.23 bits per heavy atom. The summed E-state index contributed by atoms with van der Waals surface area (Å²) in [4.78, 5) is 12.1. The van der Waals surface area contributed by atoms with Crippen molar-refractivity contribution in [2.75, 3.05) is 23.7 Å². The van der Waals surface area contributed by atoms with E-state index in [4.69, 9.17) is 0 Å². The maximum absolute atomic E-state index is 12.6. The van der Waals surface area contributed by atoms with Crippen LogP contribution in [0.3, 0.4) is 0 Å². The van der Waals surface area contributed by atoms with Gasteiger partial charge in [0.25, 0.3) is 0 Å². The van der Waals surface area contributed by atoms with Crippen molar-refractivity contribution < 1.29 is 26.4 Å². The molecular weight excluding hydrogens is 369 g/mol. The Hall–Kier alpha value is -1.77. The van der Waals surface area contributed by atoms with Crippen molar-refractivity contribution in [2.45, 2.75) is 38.3 Å². The van der Waals surface area contributed by atoms with E-state index in [1.807, 2.05) is 0 Å². The van der Waals surface area contributed by atoms with E-state index in [1.54, 1.807) is 0 Å². The van der Waals surface area contributed by atoms with Gasteiger partial charge in [0.1, 0.15) is 0 Å². The molecule has 0 aliphatic heterocycles. The molecule has 1 fully saturated rings. The number of nitrogens with one attached hydrogen (secondary N) is 1. The number of carbonyl (C=O) groups excluding carboxylic acids is 1. The third-order valence-electron chi connectivity index (χ3n) is 4.47. The molecule has 0 radical (unpaired) electrons. The van der Waals surface area contributed by atoms with Gasteiger partial charge >= 0.3 is 6.18 Å². The van der Waals surface area contributed by atoms with Crippen molar-refractivity contribution in [1.29, 1.82) is 0 Å². The van der Waals surface area contributed by atoms with E-state index in [-0.39, 0.29) is 30.6 Å². The predicted molar refractivity (Wildman–Crippen MR) is 93.2 cm³/mol. The van der Waals surface area contributed by atoms with Crippen molar-refractivity contribution >= 4 is 21.6 Å². The number of anilines is 1. The van der Waals surface area contributed by atoms with Gasteiger partial charge < -0.3 is 5.32 Å². The second kappa shape index (κ2) is 8.28. The van der Waals surface area contributed by atoms with Crippen LogP contribution in [0.5, 0.6) is 0 Å². The molecule has 1 aromatic rings. The molecule has 1 aromatic carbocycles. The van der Waals surface area contributed by atoms with Crippen LogP contribution in [0.25, 0.3) is 0 Å². The van der Waals surface area contributed by atoms with Gasteiger partial charge in [0, 0.05) is 12.5 Å². The molecular formula is C17H23F3N2O3S. The van der Waals surface area contributed by atoms with Gasteiger partial charge in [-0.2, -0.15) is 13.2 Å². The molecule has 0 heterocycles. The predicted octanol–water partition coefficient (Wildman–Crippen LogP) is 3.17. The fraction of sp³-hybridized carbons (Fsp3) is 0.588. The zero-order valence-corrected chi connectivity index (χ0v) is 15.4. The summed E-state index contributed by atoms with van der Waals surface area (Å²) in [5.41, 5.74) is -0.715. The van der Waals surface area contributed by atoms with Gasteiger partial charge in [0.15, 0.2) is 0 Å². The minimum Gasteiger partial charge on any atom is -0.354 e. The number of alkyl halides is 3. The Morgan fingerprint density at radius 1 is 1.15 bits per heavy atom. The highest BCUT2D eigenvalue weighted by Crippen LogP contribution is 2.31. The van der Waals surface area contributed by atoms with Crippen LogP contribution >= 0.6 is 0 Å². The van der Waals surface area contributed by atoms with Crippen molar-refractivity contribution in [2.24, 2.45) is 5.92 Å². The van der Waals surface area contributed by atoms with E-state index in [1.165, 1.54) is 0 Å². The molecule has 1 saturated carbocycles. The van der Waals surface area contributed by atoms with E-state index in [2.05, 4.69) is 5.32 Å². The fourth-order valence-corrected chi connectivity index (χ4v) is 4.02. The number of carbonyl (C=O) groups is 1. The average molecular weight is 392 g/mol. The van der Waals surface area contributed by atoms with Crippen LogP contribution in [0.4, 0.5) is 18.9 Å². The lowest BCUT2D eigenvalue weighted by molar-refractivity contribution is -0.137. The number of benzene rings is 1. The minimum absolute atomic E-state index is 0.0390. The summed E-state index contributed by atoms with van der Waals surface area (Å²) in [6.07, 6.45) is 1.31. The summed E-state index contributed by atoms with van der Waals surface area (Å²) in [6.45, 7) is 0.0616. The summed E-state index contributed by atoms with van der Waals surface area (Å²) < 4.78 is 62.9. The van der Waals surface area contributed by atoms with E-state index in [0.29, 0.717) is 0 Å². The molecule has 0 saturated heterocycles.